The van der Waals surface area contributed by atoms with Crippen molar-refractivity contribution in [2.75, 3.05) is 12.4 Å². The number of carbonyl (C=O) groups is 2. The van der Waals surface area contributed by atoms with Gasteiger partial charge in [0.15, 0.2) is 11.5 Å². The summed E-state index contributed by atoms with van der Waals surface area (Å²) >= 11 is 0. The minimum atomic E-state index is -0.751. The number of benzene rings is 2. The molecule has 2 aromatic carbocycles. The fourth-order valence-electron chi connectivity index (χ4n) is 2.47. The summed E-state index contributed by atoms with van der Waals surface area (Å²) < 4.78 is 11.5. The molecule has 124 valence electrons. The van der Waals surface area contributed by atoms with E-state index in [9.17, 15) is 9.59 Å². The molecule has 0 aromatic heterocycles. The molecular weight excluding hydrogens is 308 g/mol. The summed E-state index contributed by atoms with van der Waals surface area (Å²) in [6.07, 6.45) is -1.16. The fourth-order valence-corrected chi connectivity index (χ4v) is 2.47. The SMILES string of the molecule is CNC(=O)c1ccc(NC(=O)[C@@H]2Oc3ccccc3O[C@H]2C)cc1. The molecule has 0 aliphatic carbocycles. The molecule has 1 heterocycles. The average Bonchev–Trinajstić information content (AvgIpc) is 2.61. The molecule has 3 rings (SSSR count). The van der Waals surface area contributed by atoms with E-state index in [2.05, 4.69) is 10.6 Å². The first kappa shape index (κ1) is 15.9. The highest BCUT2D eigenvalue weighted by Crippen LogP contribution is 2.33. The lowest BCUT2D eigenvalue weighted by Crippen LogP contribution is -2.46. The summed E-state index contributed by atoms with van der Waals surface area (Å²) in [5.41, 5.74) is 1.11. The van der Waals surface area contributed by atoms with Gasteiger partial charge >= 0.3 is 0 Å². The van der Waals surface area contributed by atoms with Gasteiger partial charge in [0.05, 0.1) is 0 Å². The number of fused-ring (bicyclic) bond motifs is 1. The Morgan fingerprint density at radius 3 is 2.21 bits per heavy atom. The lowest BCUT2D eigenvalue weighted by atomic mass is 10.1. The van der Waals surface area contributed by atoms with Crippen molar-refractivity contribution in [2.45, 2.75) is 19.1 Å². The van der Waals surface area contributed by atoms with Crippen LogP contribution in [0.3, 0.4) is 0 Å². The number of nitrogens with one attached hydrogen (secondary N) is 2. The monoisotopic (exact) mass is 326 g/mol. The molecule has 0 saturated heterocycles. The molecule has 0 unspecified atom stereocenters. The van der Waals surface area contributed by atoms with E-state index in [1.165, 1.54) is 0 Å². The van der Waals surface area contributed by atoms with E-state index in [0.29, 0.717) is 22.7 Å². The van der Waals surface area contributed by atoms with Gasteiger partial charge in [-0.25, -0.2) is 0 Å². The van der Waals surface area contributed by atoms with E-state index in [1.54, 1.807) is 50.4 Å². The summed E-state index contributed by atoms with van der Waals surface area (Å²) in [7, 11) is 1.57. The van der Waals surface area contributed by atoms with Crippen molar-refractivity contribution < 1.29 is 19.1 Å². The number of amides is 2. The topological polar surface area (TPSA) is 76.7 Å². The molecule has 2 amide bonds. The van der Waals surface area contributed by atoms with Crippen molar-refractivity contribution in [1.29, 1.82) is 0 Å². The Morgan fingerprint density at radius 1 is 0.958 bits per heavy atom. The van der Waals surface area contributed by atoms with Gasteiger partial charge in [0.1, 0.15) is 6.10 Å². The third kappa shape index (κ3) is 3.17. The first-order chi connectivity index (χ1) is 11.6. The van der Waals surface area contributed by atoms with Crippen molar-refractivity contribution in [3.63, 3.8) is 0 Å². The zero-order valence-corrected chi connectivity index (χ0v) is 13.4. The van der Waals surface area contributed by atoms with Gasteiger partial charge in [0.25, 0.3) is 11.8 Å². The van der Waals surface area contributed by atoms with Gasteiger partial charge in [0.2, 0.25) is 6.10 Å². The number of rotatable bonds is 3. The summed E-state index contributed by atoms with van der Waals surface area (Å²) in [6.45, 7) is 1.79. The molecule has 0 saturated carbocycles. The summed E-state index contributed by atoms with van der Waals surface area (Å²) in [5.74, 6) is 0.696. The second kappa shape index (κ2) is 6.62. The van der Waals surface area contributed by atoms with Crippen molar-refractivity contribution in [1.82, 2.24) is 5.32 Å². The van der Waals surface area contributed by atoms with Crippen LogP contribution in [-0.4, -0.2) is 31.1 Å². The van der Waals surface area contributed by atoms with Crippen LogP contribution in [0, 0.1) is 0 Å². The maximum atomic E-state index is 12.5. The van der Waals surface area contributed by atoms with Gasteiger partial charge in [-0.15, -0.1) is 0 Å². The van der Waals surface area contributed by atoms with E-state index in [4.69, 9.17) is 9.47 Å². The molecule has 0 fully saturated rings. The van der Waals surface area contributed by atoms with Crippen molar-refractivity contribution in [2.24, 2.45) is 0 Å². The normalized spacial score (nSPS) is 18.6. The van der Waals surface area contributed by atoms with Crippen LogP contribution >= 0.6 is 0 Å². The Morgan fingerprint density at radius 2 is 1.58 bits per heavy atom. The highest BCUT2D eigenvalue weighted by Gasteiger charge is 2.34. The Balaban J connectivity index is 1.70. The zero-order chi connectivity index (χ0) is 17.1. The first-order valence-corrected chi connectivity index (χ1v) is 7.64. The van der Waals surface area contributed by atoms with Crippen LogP contribution in [0.25, 0.3) is 0 Å². The van der Waals surface area contributed by atoms with E-state index in [1.807, 2.05) is 12.1 Å². The number of carbonyl (C=O) groups excluding carboxylic acids is 2. The maximum Gasteiger partial charge on any atom is 0.269 e. The molecule has 2 aromatic rings. The average molecular weight is 326 g/mol. The zero-order valence-electron chi connectivity index (χ0n) is 13.4. The number of ether oxygens (including phenoxy) is 2. The smallest absolute Gasteiger partial charge is 0.269 e. The molecule has 6 heteroatoms. The number of hydrogen-bond acceptors (Lipinski definition) is 4. The van der Waals surface area contributed by atoms with Crippen LogP contribution in [-0.2, 0) is 4.79 Å². The Hall–Kier alpha value is -3.02. The van der Waals surface area contributed by atoms with Gasteiger partial charge in [-0.1, -0.05) is 12.1 Å². The maximum absolute atomic E-state index is 12.5. The van der Waals surface area contributed by atoms with Gasteiger partial charge in [-0.2, -0.15) is 0 Å². The van der Waals surface area contributed by atoms with E-state index >= 15 is 0 Å². The van der Waals surface area contributed by atoms with E-state index in [0.717, 1.165) is 0 Å². The molecule has 6 nitrogen and oxygen atoms in total. The fraction of sp³-hybridized carbons (Fsp3) is 0.222. The molecule has 2 atom stereocenters. The predicted octanol–water partition coefficient (Wildman–Crippen LogP) is 2.21. The van der Waals surface area contributed by atoms with Crippen LogP contribution in [0.2, 0.25) is 0 Å². The van der Waals surface area contributed by atoms with Gasteiger partial charge in [-0.3, -0.25) is 9.59 Å². The summed E-state index contributed by atoms with van der Waals surface area (Å²) in [4.78, 5) is 24.0. The van der Waals surface area contributed by atoms with Crippen molar-refractivity contribution >= 4 is 17.5 Å². The standard InChI is InChI=1S/C18H18N2O4/c1-11-16(24-15-6-4-3-5-14(15)23-11)18(22)20-13-9-7-12(8-10-13)17(21)19-2/h3-11,16H,1-2H3,(H,19,21)(H,20,22)/t11-,16+/m0/s1. The lowest BCUT2D eigenvalue weighted by molar-refractivity contribution is -0.128. The second-order valence-corrected chi connectivity index (χ2v) is 5.45. The van der Waals surface area contributed by atoms with Gasteiger partial charge in [-0.05, 0) is 43.3 Å². The van der Waals surface area contributed by atoms with Crippen molar-refractivity contribution in [3.05, 3.63) is 54.1 Å². The van der Waals surface area contributed by atoms with Gasteiger partial charge < -0.3 is 20.1 Å². The number of anilines is 1. The highest BCUT2D eigenvalue weighted by molar-refractivity contribution is 5.97. The minimum absolute atomic E-state index is 0.179. The van der Waals surface area contributed by atoms with Crippen LogP contribution in [0.15, 0.2) is 48.5 Å². The molecule has 24 heavy (non-hydrogen) atoms. The molecule has 1 aliphatic rings. The minimum Gasteiger partial charge on any atom is -0.482 e. The predicted molar refractivity (Wildman–Crippen MR) is 89.4 cm³/mol. The number of para-hydroxylation sites is 2. The third-order valence-electron chi connectivity index (χ3n) is 3.74. The van der Waals surface area contributed by atoms with Crippen LogP contribution in [0.1, 0.15) is 17.3 Å². The van der Waals surface area contributed by atoms with Crippen LogP contribution in [0.5, 0.6) is 11.5 Å². The quantitative estimate of drug-likeness (QED) is 0.907. The summed E-state index contributed by atoms with van der Waals surface area (Å²) in [5, 5.41) is 5.33. The van der Waals surface area contributed by atoms with Crippen molar-refractivity contribution in [3.8, 4) is 11.5 Å². The highest BCUT2D eigenvalue weighted by atomic mass is 16.6. The Bertz CT molecular complexity index is 758. The van der Waals surface area contributed by atoms with E-state index in [-0.39, 0.29) is 11.8 Å². The third-order valence-corrected chi connectivity index (χ3v) is 3.74. The molecule has 0 radical (unpaired) electrons. The first-order valence-electron chi connectivity index (χ1n) is 7.64. The molecule has 0 spiro atoms. The second-order valence-electron chi connectivity index (χ2n) is 5.45. The molecular formula is C18H18N2O4. The molecule has 0 bridgehead atoms. The Kier molecular flexibility index (Phi) is 4.37. The van der Waals surface area contributed by atoms with Crippen LogP contribution in [0.4, 0.5) is 5.69 Å². The molecule has 1 aliphatic heterocycles. The lowest BCUT2D eigenvalue weighted by Gasteiger charge is -2.31. The summed E-state index contributed by atoms with van der Waals surface area (Å²) in [6, 6.07) is 13.9. The number of hydrogen-bond donors (Lipinski definition) is 2. The molecule has 2 N–H and O–H groups in total. The van der Waals surface area contributed by atoms with Gasteiger partial charge in [0, 0.05) is 18.3 Å². The van der Waals surface area contributed by atoms with Crippen LogP contribution < -0.4 is 20.1 Å². The Labute approximate surface area is 139 Å². The largest absolute Gasteiger partial charge is 0.482 e. The van der Waals surface area contributed by atoms with E-state index < -0.39 is 12.2 Å².